The normalized spacial score (nSPS) is 10.6. The first kappa shape index (κ1) is 14.4. The number of nitrogens with zero attached hydrogens (tertiary/aromatic N) is 3. The highest BCUT2D eigenvalue weighted by molar-refractivity contribution is 5.85. The Hall–Kier alpha value is -3.04. The number of benzene rings is 2. The molecule has 0 saturated carbocycles. The van der Waals surface area contributed by atoms with Crippen LogP contribution in [0.4, 0.5) is 5.69 Å². The summed E-state index contributed by atoms with van der Waals surface area (Å²) in [5.74, 6) is 0. The highest BCUT2D eigenvalue weighted by atomic mass is 15.1. The zero-order valence-corrected chi connectivity index (χ0v) is 12.0. The van der Waals surface area contributed by atoms with Gasteiger partial charge in [-0.3, -0.25) is 0 Å². The van der Waals surface area contributed by atoms with Crippen molar-refractivity contribution in [2.45, 2.75) is 0 Å². The van der Waals surface area contributed by atoms with E-state index in [0.717, 1.165) is 16.8 Å². The molecule has 0 unspecified atom stereocenters. The Morgan fingerprint density at radius 1 is 1.10 bits per heavy atom. The van der Waals surface area contributed by atoms with Gasteiger partial charge in [0.1, 0.15) is 0 Å². The molecule has 0 fully saturated rings. The average Bonchev–Trinajstić information content (AvgIpc) is 2.53. The molecule has 3 nitrogen and oxygen atoms in total. The van der Waals surface area contributed by atoms with Crippen LogP contribution < -0.4 is 4.90 Å². The molecule has 2 rings (SSSR count). The second kappa shape index (κ2) is 6.41. The van der Waals surface area contributed by atoms with E-state index in [1.165, 1.54) is 0 Å². The number of hydrogen-bond acceptors (Lipinski definition) is 2. The van der Waals surface area contributed by atoms with E-state index >= 15 is 0 Å². The molecule has 0 atom stereocenters. The molecule has 102 valence electrons. The Bertz CT molecular complexity index is 724. The Balaban J connectivity index is 2.32. The van der Waals surface area contributed by atoms with E-state index in [2.05, 4.69) is 10.9 Å². The molecule has 0 radical (unpaired) electrons. The zero-order valence-electron chi connectivity index (χ0n) is 12.0. The summed E-state index contributed by atoms with van der Waals surface area (Å²) in [6, 6.07) is 17.2. The summed E-state index contributed by atoms with van der Waals surface area (Å²) in [4.78, 5) is 5.62. The second-order valence-corrected chi connectivity index (χ2v) is 4.82. The fourth-order valence-corrected chi connectivity index (χ4v) is 1.92. The molecule has 0 aliphatic carbocycles. The van der Waals surface area contributed by atoms with Crippen LogP contribution in [-0.2, 0) is 0 Å². The molecule has 2 aromatic carbocycles. The molecule has 0 aliphatic heterocycles. The van der Waals surface area contributed by atoms with Crippen molar-refractivity contribution >= 4 is 17.5 Å². The molecule has 0 heterocycles. The lowest BCUT2D eigenvalue weighted by Gasteiger charge is -2.12. The first-order valence-electron chi connectivity index (χ1n) is 6.51. The molecule has 0 aromatic heterocycles. The molecule has 2 aromatic rings. The van der Waals surface area contributed by atoms with Crippen molar-refractivity contribution in [3.63, 3.8) is 0 Å². The Kier molecular flexibility index (Phi) is 4.39. The summed E-state index contributed by atoms with van der Waals surface area (Å²) in [5.41, 5.74) is 4.09. The third-order valence-corrected chi connectivity index (χ3v) is 3.14. The summed E-state index contributed by atoms with van der Waals surface area (Å²) >= 11 is 0. The predicted molar refractivity (Wildman–Crippen MR) is 86.4 cm³/mol. The minimum atomic E-state index is 0.567. The lowest BCUT2D eigenvalue weighted by molar-refractivity contribution is 1.13. The third-order valence-electron chi connectivity index (χ3n) is 3.14. The van der Waals surface area contributed by atoms with E-state index in [0.29, 0.717) is 11.3 Å². The van der Waals surface area contributed by atoms with Crippen LogP contribution in [0.5, 0.6) is 0 Å². The number of hydrogen-bond donors (Lipinski definition) is 0. The fourth-order valence-electron chi connectivity index (χ4n) is 1.92. The van der Waals surface area contributed by atoms with Crippen molar-refractivity contribution in [2.24, 2.45) is 0 Å². The minimum absolute atomic E-state index is 0.567. The van der Waals surface area contributed by atoms with Crippen LogP contribution in [-0.4, -0.2) is 14.1 Å². The van der Waals surface area contributed by atoms with Crippen molar-refractivity contribution in [1.82, 2.24) is 0 Å². The second-order valence-electron chi connectivity index (χ2n) is 4.82. The standard InChI is InChI=1S/C18H15N3/c1-20-18(16-8-4-15(13-19)5-9-16)12-14-6-10-17(11-7-14)21(2)3/h4-12H,2-3H3/b18-12-. The van der Waals surface area contributed by atoms with Gasteiger partial charge in [-0.05, 0) is 41.5 Å². The van der Waals surface area contributed by atoms with Crippen LogP contribution in [0, 0.1) is 17.9 Å². The van der Waals surface area contributed by atoms with Crippen molar-refractivity contribution in [2.75, 3.05) is 19.0 Å². The topological polar surface area (TPSA) is 31.4 Å². The van der Waals surface area contributed by atoms with Gasteiger partial charge in [-0.1, -0.05) is 24.3 Å². The number of anilines is 1. The van der Waals surface area contributed by atoms with Gasteiger partial charge in [-0.2, -0.15) is 5.26 Å². The monoisotopic (exact) mass is 273 g/mol. The summed E-state index contributed by atoms with van der Waals surface area (Å²) in [6.45, 7) is 7.34. The van der Waals surface area contributed by atoms with Gasteiger partial charge in [0.05, 0.1) is 18.2 Å². The van der Waals surface area contributed by atoms with Gasteiger partial charge in [0.15, 0.2) is 5.70 Å². The third kappa shape index (κ3) is 3.49. The Labute approximate surface area is 125 Å². The van der Waals surface area contributed by atoms with E-state index in [4.69, 9.17) is 11.8 Å². The molecule has 0 spiro atoms. The van der Waals surface area contributed by atoms with Crippen LogP contribution in [0.25, 0.3) is 16.6 Å². The minimum Gasteiger partial charge on any atom is -0.378 e. The molecule has 0 amide bonds. The Morgan fingerprint density at radius 2 is 1.71 bits per heavy atom. The maximum Gasteiger partial charge on any atom is 0.194 e. The lowest BCUT2D eigenvalue weighted by Crippen LogP contribution is -2.07. The SMILES string of the molecule is [C-]#[N+]/C(=C\c1ccc(N(C)C)cc1)c1ccc(C#N)cc1. The van der Waals surface area contributed by atoms with Gasteiger partial charge < -0.3 is 4.90 Å². The van der Waals surface area contributed by atoms with Crippen LogP contribution >= 0.6 is 0 Å². The highest BCUT2D eigenvalue weighted by Crippen LogP contribution is 2.21. The molecule has 21 heavy (non-hydrogen) atoms. The van der Waals surface area contributed by atoms with E-state index < -0.39 is 0 Å². The van der Waals surface area contributed by atoms with Gasteiger partial charge >= 0.3 is 0 Å². The number of rotatable bonds is 3. The van der Waals surface area contributed by atoms with Crippen LogP contribution in [0.2, 0.25) is 0 Å². The maximum absolute atomic E-state index is 8.80. The van der Waals surface area contributed by atoms with Gasteiger partial charge in [0, 0.05) is 19.8 Å². The van der Waals surface area contributed by atoms with E-state index in [1.54, 1.807) is 24.3 Å². The van der Waals surface area contributed by atoms with E-state index in [1.807, 2.05) is 49.3 Å². The van der Waals surface area contributed by atoms with E-state index in [9.17, 15) is 0 Å². The summed E-state index contributed by atoms with van der Waals surface area (Å²) in [7, 11) is 3.98. The van der Waals surface area contributed by atoms with Crippen LogP contribution in [0.1, 0.15) is 16.7 Å². The highest BCUT2D eigenvalue weighted by Gasteiger charge is 2.02. The smallest absolute Gasteiger partial charge is 0.194 e. The van der Waals surface area contributed by atoms with Crippen LogP contribution in [0.15, 0.2) is 48.5 Å². The molecular formula is C18H15N3. The lowest BCUT2D eigenvalue weighted by atomic mass is 10.1. The molecule has 3 heteroatoms. The number of nitriles is 1. The van der Waals surface area contributed by atoms with Crippen molar-refractivity contribution in [3.8, 4) is 6.07 Å². The predicted octanol–water partition coefficient (Wildman–Crippen LogP) is 4.04. The molecule has 0 N–H and O–H groups in total. The average molecular weight is 273 g/mol. The fraction of sp³-hybridized carbons (Fsp3) is 0.111. The van der Waals surface area contributed by atoms with Gasteiger partial charge in [0.2, 0.25) is 0 Å². The van der Waals surface area contributed by atoms with Crippen molar-refractivity contribution < 1.29 is 0 Å². The molecular weight excluding hydrogens is 258 g/mol. The summed E-state index contributed by atoms with van der Waals surface area (Å²) in [6.07, 6.45) is 1.85. The van der Waals surface area contributed by atoms with Gasteiger partial charge in [-0.15, -0.1) is 0 Å². The van der Waals surface area contributed by atoms with E-state index in [-0.39, 0.29) is 0 Å². The van der Waals surface area contributed by atoms with Gasteiger partial charge in [0.25, 0.3) is 0 Å². The molecule has 0 bridgehead atoms. The first-order chi connectivity index (χ1) is 10.1. The first-order valence-corrected chi connectivity index (χ1v) is 6.51. The van der Waals surface area contributed by atoms with Crippen molar-refractivity contribution in [1.29, 1.82) is 5.26 Å². The summed E-state index contributed by atoms with van der Waals surface area (Å²) in [5, 5.41) is 8.80. The molecule has 0 saturated heterocycles. The summed E-state index contributed by atoms with van der Waals surface area (Å²) < 4.78 is 0. The van der Waals surface area contributed by atoms with Crippen LogP contribution in [0.3, 0.4) is 0 Å². The largest absolute Gasteiger partial charge is 0.378 e. The maximum atomic E-state index is 8.80. The van der Waals surface area contributed by atoms with Gasteiger partial charge in [-0.25, -0.2) is 4.85 Å². The van der Waals surface area contributed by atoms with Crippen molar-refractivity contribution in [3.05, 3.63) is 76.6 Å². The Morgan fingerprint density at radius 3 is 2.19 bits per heavy atom. The molecule has 0 aliphatic rings. The zero-order chi connectivity index (χ0) is 15.2. The quantitative estimate of drug-likeness (QED) is 0.624.